The first-order valence-electron chi connectivity index (χ1n) is 3.18. The maximum atomic E-state index is 10.7. The summed E-state index contributed by atoms with van der Waals surface area (Å²) >= 11 is 1.35. The van der Waals surface area contributed by atoms with Crippen LogP contribution in [-0.2, 0) is 7.01 Å². The van der Waals surface area contributed by atoms with E-state index < -0.39 is 7.01 Å². The van der Waals surface area contributed by atoms with E-state index >= 15 is 0 Å². The van der Waals surface area contributed by atoms with Crippen LogP contribution < -0.4 is 4.74 Å². The number of para-hydroxylation sites is 1. The maximum Gasteiger partial charge on any atom is 0.237 e. The normalized spacial score (nSPS) is 11.1. The van der Waals surface area contributed by atoms with Crippen molar-refractivity contribution in [3.63, 3.8) is 0 Å². The van der Waals surface area contributed by atoms with E-state index in [0.717, 1.165) is 0 Å². The average molecular weight is 298 g/mol. The van der Waals surface area contributed by atoms with E-state index in [1.807, 2.05) is 6.07 Å². The first-order valence-corrected chi connectivity index (χ1v) is 7.37. The third kappa shape index (κ3) is 3.91. The summed E-state index contributed by atoms with van der Waals surface area (Å²) in [4.78, 5) is 0. The number of rotatable bonds is 3. The molecule has 0 aliphatic rings. The van der Waals surface area contributed by atoms with Crippen molar-refractivity contribution in [1.82, 2.24) is 0 Å². The lowest BCUT2D eigenvalue weighted by Crippen LogP contribution is -2.04. The summed E-state index contributed by atoms with van der Waals surface area (Å²) in [5.74, 6) is 0.287. The lowest BCUT2D eigenvalue weighted by atomic mass is 10.3. The molecule has 1 rings (SSSR count). The Kier molecular flexibility index (Phi) is 3.33. The highest BCUT2D eigenvalue weighted by Crippen LogP contribution is 2.11. The van der Waals surface area contributed by atoms with Gasteiger partial charge in [-0.3, -0.25) is 0 Å². The summed E-state index contributed by atoms with van der Waals surface area (Å²) < 4.78 is 26.3. The van der Waals surface area contributed by atoms with Crippen molar-refractivity contribution >= 4 is 28.2 Å². The van der Waals surface area contributed by atoms with Gasteiger partial charge < -0.3 is 4.74 Å². The third-order valence-corrected chi connectivity index (χ3v) is 2.27. The van der Waals surface area contributed by atoms with E-state index in [4.69, 9.17) is 4.74 Å². The van der Waals surface area contributed by atoms with Gasteiger partial charge in [0.05, 0.1) is 21.2 Å². The standard InChI is InChI=1S/C7H7IO3S/c8-12(9,10)6-11-7-4-2-1-3-5-7/h1-5H,6H2. The molecule has 5 heteroatoms. The number of hydrogen-bond acceptors (Lipinski definition) is 3. The molecule has 3 nitrogen and oxygen atoms in total. The fourth-order valence-electron chi connectivity index (χ4n) is 0.655. The Morgan fingerprint density at radius 1 is 1.25 bits per heavy atom. The Bertz CT molecular complexity index is 333. The van der Waals surface area contributed by atoms with E-state index in [1.165, 1.54) is 21.2 Å². The highest BCUT2D eigenvalue weighted by atomic mass is 127. The van der Waals surface area contributed by atoms with Crippen molar-refractivity contribution in [3.8, 4) is 5.75 Å². The molecule has 0 N–H and O–H groups in total. The lowest BCUT2D eigenvalue weighted by molar-refractivity contribution is 0.381. The summed E-state index contributed by atoms with van der Waals surface area (Å²) in [6, 6.07) is 8.83. The van der Waals surface area contributed by atoms with Crippen LogP contribution in [0.3, 0.4) is 0 Å². The Balaban J connectivity index is 2.56. The van der Waals surface area contributed by atoms with Crippen LogP contribution >= 0.6 is 21.2 Å². The Hall–Kier alpha value is -0.300. The second kappa shape index (κ2) is 4.08. The van der Waals surface area contributed by atoms with Gasteiger partial charge in [-0.15, -0.1) is 0 Å². The fraction of sp³-hybridized carbons (Fsp3) is 0.143. The SMILES string of the molecule is O=S(=O)(I)COc1ccccc1. The predicted molar refractivity (Wildman–Crippen MR) is 54.9 cm³/mol. The minimum absolute atomic E-state index is 0.280. The number of benzene rings is 1. The fourth-order valence-corrected chi connectivity index (χ4v) is 1.31. The molecular weight excluding hydrogens is 291 g/mol. The molecule has 66 valence electrons. The van der Waals surface area contributed by atoms with Crippen LogP contribution in [0.2, 0.25) is 0 Å². The van der Waals surface area contributed by atoms with Crippen LogP contribution in [0.15, 0.2) is 30.3 Å². The van der Waals surface area contributed by atoms with Crippen molar-refractivity contribution in [2.45, 2.75) is 0 Å². The van der Waals surface area contributed by atoms with Crippen LogP contribution in [0.25, 0.3) is 0 Å². The van der Waals surface area contributed by atoms with E-state index in [1.54, 1.807) is 24.3 Å². The topological polar surface area (TPSA) is 43.4 Å². The van der Waals surface area contributed by atoms with Gasteiger partial charge in [-0.05, 0) is 12.1 Å². The van der Waals surface area contributed by atoms with Crippen molar-refractivity contribution in [1.29, 1.82) is 0 Å². The molecule has 0 saturated heterocycles. The smallest absolute Gasteiger partial charge is 0.237 e. The predicted octanol–water partition coefficient (Wildman–Crippen LogP) is 1.79. The van der Waals surface area contributed by atoms with E-state index in [2.05, 4.69) is 0 Å². The molecule has 1 aromatic carbocycles. The van der Waals surface area contributed by atoms with Gasteiger partial charge in [-0.2, -0.15) is 0 Å². The molecule has 0 fully saturated rings. The van der Waals surface area contributed by atoms with Crippen LogP contribution in [-0.4, -0.2) is 14.4 Å². The molecule has 0 aliphatic heterocycles. The Morgan fingerprint density at radius 2 is 1.83 bits per heavy atom. The quantitative estimate of drug-likeness (QED) is 0.631. The van der Waals surface area contributed by atoms with Gasteiger partial charge in [0.2, 0.25) is 7.01 Å². The minimum Gasteiger partial charge on any atom is -0.477 e. The molecule has 0 saturated carbocycles. The molecule has 0 aliphatic carbocycles. The molecule has 0 bridgehead atoms. The molecular formula is C7H7IO3S. The van der Waals surface area contributed by atoms with Gasteiger partial charge >= 0.3 is 0 Å². The number of ether oxygens (including phenoxy) is 1. The van der Waals surface area contributed by atoms with Gasteiger partial charge in [0.15, 0.2) is 5.94 Å². The Labute approximate surface area is 83.2 Å². The van der Waals surface area contributed by atoms with E-state index in [9.17, 15) is 8.42 Å². The van der Waals surface area contributed by atoms with Crippen LogP contribution in [0, 0.1) is 0 Å². The second-order valence-electron chi connectivity index (χ2n) is 2.11. The van der Waals surface area contributed by atoms with Crippen molar-refractivity contribution in [3.05, 3.63) is 30.3 Å². The largest absolute Gasteiger partial charge is 0.477 e. The molecule has 1 aromatic rings. The highest BCUT2D eigenvalue weighted by Gasteiger charge is 2.04. The first-order chi connectivity index (χ1) is 5.58. The van der Waals surface area contributed by atoms with Crippen LogP contribution in [0.4, 0.5) is 0 Å². The zero-order valence-electron chi connectivity index (χ0n) is 6.10. The molecule has 0 heterocycles. The average Bonchev–Trinajstić information content (AvgIpc) is 2.02. The van der Waals surface area contributed by atoms with Gasteiger partial charge in [0.1, 0.15) is 5.75 Å². The molecule has 12 heavy (non-hydrogen) atoms. The summed E-state index contributed by atoms with van der Waals surface area (Å²) in [6.45, 7) is 0. The summed E-state index contributed by atoms with van der Waals surface area (Å²) in [6.07, 6.45) is 0. The first kappa shape index (κ1) is 9.79. The van der Waals surface area contributed by atoms with Crippen molar-refractivity contribution in [2.75, 3.05) is 5.94 Å². The molecule has 0 spiro atoms. The van der Waals surface area contributed by atoms with Gasteiger partial charge in [0.25, 0.3) is 0 Å². The summed E-state index contributed by atoms with van der Waals surface area (Å²) in [7, 11) is -3.07. The van der Waals surface area contributed by atoms with Crippen LogP contribution in [0.5, 0.6) is 5.75 Å². The Morgan fingerprint density at radius 3 is 2.33 bits per heavy atom. The van der Waals surface area contributed by atoms with Crippen molar-refractivity contribution < 1.29 is 13.2 Å². The molecule has 0 aromatic heterocycles. The van der Waals surface area contributed by atoms with Crippen molar-refractivity contribution in [2.24, 2.45) is 0 Å². The van der Waals surface area contributed by atoms with Gasteiger partial charge in [-0.25, -0.2) is 8.42 Å². The van der Waals surface area contributed by atoms with Crippen LogP contribution in [0.1, 0.15) is 0 Å². The zero-order chi connectivity index (χ0) is 9.03. The maximum absolute atomic E-state index is 10.7. The van der Waals surface area contributed by atoms with Gasteiger partial charge in [0, 0.05) is 0 Å². The molecule has 0 atom stereocenters. The summed E-state index contributed by atoms with van der Waals surface area (Å²) in [5.41, 5.74) is 0. The number of hydrogen-bond donors (Lipinski definition) is 0. The molecule has 0 amide bonds. The monoisotopic (exact) mass is 298 g/mol. The molecule has 0 radical (unpaired) electrons. The van der Waals surface area contributed by atoms with E-state index in [0.29, 0.717) is 5.75 Å². The lowest BCUT2D eigenvalue weighted by Gasteiger charge is -2.01. The van der Waals surface area contributed by atoms with E-state index in [-0.39, 0.29) is 5.94 Å². The minimum atomic E-state index is -3.07. The third-order valence-electron chi connectivity index (χ3n) is 1.11. The molecule has 0 unspecified atom stereocenters. The highest BCUT2D eigenvalue weighted by molar-refractivity contribution is 14.2. The second-order valence-corrected chi connectivity index (χ2v) is 7.45. The summed E-state index contributed by atoms with van der Waals surface area (Å²) in [5, 5.41) is 0. The number of halogens is 1. The van der Waals surface area contributed by atoms with Gasteiger partial charge in [-0.1, -0.05) is 18.2 Å². The zero-order valence-corrected chi connectivity index (χ0v) is 9.08.